The number of hydrogen-bond donors (Lipinski definition) is 0. The average molecular weight is 499 g/mol. The van der Waals surface area contributed by atoms with E-state index in [0.29, 0.717) is 36.2 Å². The summed E-state index contributed by atoms with van der Waals surface area (Å²) in [5.41, 5.74) is 0.163. The number of aromatic nitrogens is 5. The number of imidazole rings is 1. The Morgan fingerprint density at radius 3 is 2.86 bits per heavy atom. The van der Waals surface area contributed by atoms with Gasteiger partial charge in [-0.2, -0.15) is 0 Å². The third-order valence-electron chi connectivity index (χ3n) is 6.14. The highest BCUT2D eigenvalue weighted by Crippen LogP contribution is 2.35. The van der Waals surface area contributed by atoms with Crippen LogP contribution in [0.5, 0.6) is 5.75 Å². The first-order valence-electron chi connectivity index (χ1n) is 11.4. The fourth-order valence-corrected chi connectivity index (χ4v) is 5.34. The third-order valence-corrected chi connectivity index (χ3v) is 7.18. The van der Waals surface area contributed by atoms with E-state index < -0.39 is 11.2 Å². The first-order chi connectivity index (χ1) is 16.9. The predicted molar refractivity (Wildman–Crippen MR) is 132 cm³/mol. The van der Waals surface area contributed by atoms with Crippen LogP contribution in [0.15, 0.2) is 34.1 Å². The monoisotopic (exact) mass is 498 g/mol. The van der Waals surface area contributed by atoms with Gasteiger partial charge in [0.05, 0.1) is 30.3 Å². The average Bonchev–Trinajstić information content (AvgIpc) is 3.60. The minimum atomic E-state index is -0.500. The van der Waals surface area contributed by atoms with Crippen LogP contribution >= 0.6 is 11.3 Å². The standard InChI is InChI=1S/C23H26N6O5S/c1-4-33-15-8-5-9-16-18(15)25-22(35-16)29(11-14-7-6-10-34-14)17(30)12-28-13-24-20-19(28)21(31)27(3)23(32)26(20)2/h5,8-9,13-14H,4,6-7,10-12H2,1-3H3. The van der Waals surface area contributed by atoms with Gasteiger partial charge in [0.2, 0.25) is 5.91 Å². The summed E-state index contributed by atoms with van der Waals surface area (Å²) in [6, 6.07) is 5.71. The van der Waals surface area contributed by atoms with E-state index in [0.717, 1.165) is 22.1 Å². The number of amides is 1. The van der Waals surface area contributed by atoms with Crippen molar-refractivity contribution in [3.05, 3.63) is 45.4 Å². The van der Waals surface area contributed by atoms with Crippen molar-refractivity contribution in [3.63, 3.8) is 0 Å². The van der Waals surface area contributed by atoms with Crippen molar-refractivity contribution < 1.29 is 14.3 Å². The van der Waals surface area contributed by atoms with E-state index in [1.807, 2.05) is 25.1 Å². The lowest BCUT2D eigenvalue weighted by Crippen LogP contribution is -2.40. The molecule has 0 saturated carbocycles. The van der Waals surface area contributed by atoms with Gasteiger partial charge in [0.15, 0.2) is 16.3 Å². The lowest BCUT2D eigenvalue weighted by Gasteiger charge is -2.23. The summed E-state index contributed by atoms with van der Waals surface area (Å²) in [5, 5.41) is 0.539. The van der Waals surface area contributed by atoms with Gasteiger partial charge in [-0.15, -0.1) is 0 Å². The highest BCUT2D eigenvalue weighted by molar-refractivity contribution is 7.22. The number of carbonyl (C=O) groups excluding carboxylic acids is 1. The SMILES string of the molecule is CCOc1cccc2sc(N(CC3CCCO3)C(=O)Cn3cnc4c3c(=O)n(C)c(=O)n4C)nc12. The first-order valence-corrected chi connectivity index (χ1v) is 12.3. The van der Waals surface area contributed by atoms with Gasteiger partial charge in [0, 0.05) is 20.7 Å². The van der Waals surface area contributed by atoms with Crippen LogP contribution in [0.4, 0.5) is 5.13 Å². The Morgan fingerprint density at radius 2 is 2.11 bits per heavy atom. The number of aryl methyl sites for hydroxylation is 1. The number of thiazole rings is 1. The Labute approximate surface area is 204 Å². The van der Waals surface area contributed by atoms with Crippen molar-refractivity contribution in [1.29, 1.82) is 0 Å². The molecular weight excluding hydrogens is 472 g/mol. The van der Waals surface area contributed by atoms with Gasteiger partial charge in [-0.25, -0.2) is 14.8 Å². The maximum Gasteiger partial charge on any atom is 0.332 e. The van der Waals surface area contributed by atoms with Crippen LogP contribution in [0.2, 0.25) is 0 Å². The molecule has 4 aromatic rings. The molecule has 1 saturated heterocycles. The largest absolute Gasteiger partial charge is 0.492 e. The van der Waals surface area contributed by atoms with Crippen LogP contribution in [-0.4, -0.2) is 55.4 Å². The van der Waals surface area contributed by atoms with Crippen LogP contribution in [-0.2, 0) is 30.2 Å². The number of ether oxygens (including phenoxy) is 2. The second kappa shape index (κ2) is 9.27. The van der Waals surface area contributed by atoms with Crippen LogP contribution < -0.4 is 20.9 Å². The van der Waals surface area contributed by atoms with Crippen molar-refractivity contribution in [2.75, 3.05) is 24.7 Å². The molecule has 1 atom stereocenters. The minimum Gasteiger partial charge on any atom is -0.492 e. The number of benzene rings is 1. The molecule has 11 nitrogen and oxygen atoms in total. The van der Waals surface area contributed by atoms with Crippen LogP contribution in [0.25, 0.3) is 21.4 Å². The molecule has 1 amide bonds. The van der Waals surface area contributed by atoms with Gasteiger partial charge in [-0.1, -0.05) is 17.4 Å². The first kappa shape index (κ1) is 23.2. The highest BCUT2D eigenvalue weighted by atomic mass is 32.1. The molecule has 5 rings (SSSR count). The Morgan fingerprint density at radius 1 is 1.29 bits per heavy atom. The fraction of sp³-hybridized carbons (Fsp3) is 0.435. The van der Waals surface area contributed by atoms with Crippen molar-refractivity contribution >= 4 is 43.8 Å². The topological polar surface area (TPSA) is 113 Å². The lowest BCUT2D eigenvalue weighted by molar-refractivity contribution is -0.119. The summed E-state index contributed by atoms with van der Waals surface area (Å²) >= 11 is 1.41. The highest BCUT2D eigenvalue weighted by Gasteiger charge is 2.28. The Kier molecular flexibility index (Phi) is 6.15. The smallest absolute Gasteiger partial charge is 0.332 e. The molecule has 4 heterocycles. The van der Waals surface area contributed by atoms with Gasteiger partial charge in [0.1, 0.15) is 17.8 Å². The van der Waals surface area contributed by atoms with E-state index >= 15 is 0 Å². The molecular formula is C23H26N6O5S. The predicted octanol–water partition coefficient (Wildman–Crippen LogP) is 1.65. The van der Waals surface area contributed by atoms with Crippen LogP contribution in [0.1, 0.15) is 19.8 Å². The molecule has 3 aromatic heterocycles. The molecule has 0 radical (unpaired) electrons. The zero-order valence-corrected chi connectivity index (χ0v) is 20.6. The summed E-state index contributed by atoms with van der Waals surface area (Å²) in [5.74, 6) is 0.412. The normalized spacial score (nSPS) is 15.8. The molecule has 1 aliphatic heterocycles. The minimum absolute atomic E-state index is 0.0921. The zero-order chi connectivity index (χ0) is 24.7. The summed E-state index contributed by atoms with van der Waals surface area (Å²) < 4.78 is 16.2. The second-order valence-electron chi connectivity index (χ2n) is 8.42. The van der Waals surface area contributed by atoms with E-state index in [1.54, 1.807) is 11.9 Å². The van der Waals surface area contributed by atoms with Crippen LogP contribution in [0.3, 0.4) is 0 Å². The number of para-hydroxylation sites is 1. The van der Waals surface area contributed by atoms with Crippen molar-refractivity contribution in [2.24, 2.45) is 14.1 Å². The molecule has 0 aliphatic carbocycles. The number of nitrogens with zero attached hydrogens (tertiary/aromatic N) is 6. The molecule has 0 spiro atoms. The van der Waals surface area contributed by atoms with Gasteiger partial charge >= 0.3 is 5.69 Å². The Bertz CT molecular complexity index is 1530. The molecule has 1 unspecified atom stereocenters. The second-order valence-corrected chi connectivity index (χ2v) is 9.43. The van der Waals surface area contributed by atoms with Gasteiger partial charge in [-0.05, 0) is 31.9 Å². The number of anilines is 1. The van der Waals surface area contributed by atoms with Gasteiger partial charge < -0.3 is 14.0 Å². The molecule has 0 bridgehead atoms. The Hall–Kier alpha value is -3.51. The van der Waals surface area contributed by atoms with Crippen molar-refractivity contribution in [3.8, 4) is 5.75 Å². The fourth-order valence-electron chi connectivity index (χ4n) is 4.33. The number of carbonyl (C=O) groups is 1. The van der Waals surface area contributed by atoms with Crippen molar-refractivity contribution in [2.45, 2.75) is 32.4 Å². The molecule has 184 valence electrons. The number of hydrogen-bond acceptors (Lipinski definition) is 8. The van der Waals surface area contributed by atoms with Gasteiger partial charge in [0.25, 0.3) is 5.56 Å². The van der Waals surface area contributed by atoms with Gasteiger partial charge in [-0.3, -0.25) is 23.6 Å². The number of rotatable bonds is 7. The molecule has 0 N–H and O–H groups in total. The van der Waals surface area contributed by atoms with Crippen molar-refractivity contribution in [1.82, 2.24) is 23.7 Å². The summed E-state index contributed by atoms with van der Waals surface area (Å²) in [6.45, 7) is 3.30. The van der Waals surface area contributed by atoms with E-state index in [-0.39, 0.29) is 29.7 Å². The number of fused-ring (bicyclic) bond motifs is 2. The molecule has 1 fully saturated rings. The van der Waals surface area contributed by atoms with E-state index in [1.165, 1.54) is 33.8 Å². The molecule has 1 aliphatic rings. The van der Waals surface area contributed by atoms with E-state index in [2.05, 4.69) is 4.98 Å². The molecule has 12 heteroatoms. The Balaban J connectivity index is 1.54. The quantitative estimate of drug-likeness (QED) is 0.381. The maximum atomic E-state index is 13.7. The zero-order valence-electron chi connectivity index (χ0n) is 19.8. The summed E-state index contributed by atoms with van der Waals surface area (Å²) in [4.78, 5) is 49.3. The summed E-state index contributed by atoms with van der Waals surface area (Å²) in [7, 11) is 2.95. The molecule has 35 heavy (non-hydrogen) atoms. The lowest BCUT2D eigenvalue weighted by atomic mass is 10.2. The van der Waals surface area contributed by atoms with Crippen LogP contribution in [0, 0.1) is 0 Å². The van der Waals surface area contributed by atoms with E-state index in [9.17, 15) is 14.4 Å². The van der Waals surface area contributed by atoms with E-state index in [4.69, 9.17) is 14.5 Å². The maximum absolute atomic E-state index is 13.7. The summed E-state index contributed by atoms with van der Waals surface area (Å²) in [6.07, 6.45) is 3.12. The molecule has 1 aromatic carbocycles. The third kappa shape index (κ3) is 4.12.